The lowest BCUT2D eigenvalue weighted by Gasteiger charge is -2.38. The van der Waals surface area contributed by atoms with Crippen LogP contribution in [0.25, 0.3) is 10.8 Å². The molecule has 2 saturated heterocycles. The number of fused-ring (bicyclic) bond motifs is 1. The molecule has 2 fully saturated rings. The molecule has 35 heavy (non-hydrogen) atoms. The van der Waals surface area contributed by atoms with Gasteiger partial charge in [-0.25, -0.2) is 8.42 Å². The van der Waals surface area contributed by atoms with Gasteiger partial charge in [0.2, 0.25) is 15.9 Å². The molecular formula is C26H28N4O4S. The number of rotatable bonds is 4. The van der Waals surface area contributed by atoms with E-state index < -0.39 is 10.0 Å². The minimum absolute atomic E-state index is 0.00107. The molecule has 1 aromatic heterocycles. The van der Waals surface area contributed by atoms with Gasteiger partial charge in [0.05, 0.1) is 5.92 Å². The van der Waals surface area contributed by atoms with Crippen molar-refractivity contribution in [2.45, 2.75) is 17.7 Å². The van der Waals surface area contributed by atoms with Crippen molar-refractivity contribution in [1.29, 1.82) is 0 Å². The lowest BCUT2D eigenvalue weighted by Crippen LogP contribution is -2.54. The van der Waals surface area contributed by atoms with Crippen LogP contribution in [-0.4, -0.2) is 78.6 Å². The monoisotopic (exact) mass is 492 g/mol. The summed E-state index contributed by atoms with van der Waals surface area (Å²) in [6, 6.07) is 16.7. The van der Waals surface area contributed by atoms with E-state index in [0.717, 1.165) is 23.6 Å². The fraction of sp³-hybridized carbons (Fsp3) is 0.346. The first-order valence-corrected chi connectivity index (χ1v) is 13.3. The van der Waals surface area contributed by atoms with Crippen LogP contribution in [0.2, 0.25) is 0 Å². The van der Waals surface area contributed by atoms with Gasteiger partial charge in [0, 0.05) is 57.2 Å². The number of benzene rings is 2. The standard InChI is InChI=1S/C26H28N4O4S/c31-25(28-14-16-30(17-15-28)35(33,34)22-9-4-12-27-18-22)21-8-5-13-29(19-21)26(32)24-11-3-7-20-6-1-2-10-23(20)24/h1-4,6-7,9-12,18,21H,5,8,13-17,19H2. The fourth-order valence-electron chi connectivity index (χ4n) is 5.00. The maximum atomic E-state index is 13.4. The molecule has 0 bridgehead atoms. The van der Waals surface area contributed by atoms with Gasteiger partial charge in [-0.05, 0) is 41.8 Å². The van der Waals surface area contributed by atoms with Crippen molar-refractivity contribution >= 4 is 32.6 Å². The predicted octanol–water partition coefficient (Wildman–Crippen LogP) is 2.62. The summed E-state index contributed by atoms with van der Waals surface area (Å²) < 4.78 is 27.1. The van der Waals surface area contributed by atoms with Crippen molar-refractivity contribution in [3.63, 3.8) is 0 Å². The smallest absolute Gasteiger partial charge is 0.254 e. The molecule has 3 heterocycles. The largest absolute Gasteiger partial charge is 0.340 e. The molecule has 0 aliphatic carbocycles. The summed E-state index contributed by atoms with van der Waals surface area (Å²) in [6.45, 7) is 2.18. The summed E-state index contributed by atoms with van der Waals surface area (Å²) in [6.07, 6.45) is 4.37. The molecule has 0 N–H and O–H groups in total. The van der Waals surface area contributed by atoms with Gasteiger partial charge in [0.1, 0.15) is 4.90 Å². The van der Waals surface area contributed by atoms with Gasteiger partial charge in [-0.3, -0.25) is 14.6 Å². The van der Waals surface area contributed by atoms with Crippen LogP contribution >= 0.6 is 0 Å². The first-order valence-electron chi connectivity index (χ1n) is 11.9. The number of nitrogens with zero attached hydrogens (tertiary/aromatic N) is 4. The molecule has 2 aliphatic heterocycles. The van der Waals surface area contributed by atoms with Crippen molar-refractivity contribution in [3.8, 4) is 0 Å². The minimum Gasteiger partial charge on any atom is -0.340 e. The van der Waals surface area contributed by atoms with Crippen LogP contribution in [0.1, 0.15) is 23.2 Å². The van der Waals surface area contributed by atoms with Gasteiger partial charge in [-0.2, -0.15) is 4.31 Å². The maximum Gasteiger partial charge on any atom is 0.254 e. The third-order valence-electron chi connectivity index (χ3n) is 6.90. The van der Waals surface area contributed by atoms with Crippen molar-refractivity contribution < 1.29 is 18.0 Å². The third kappa shape index (κ3) is 4.66. The minimum atomic E-state index is -3.62. The molecule has 0 radical (unpaired) electrons. The average molecular weight is 493 g/mol. The highest BCUT2D eigenvalue weighted by Crippen LogP contribution is 2.25. The van der Waals surface area contributed by atoms with E-state index in [9.17, 15) is 18.0 Å². The van der Waals surface area contributed by atoms with Gasteiger partial charge in [-0.15, -0.1) is 0 Å². The second kappa shape index (κ2) is 9.75. The summed E-state index contributed by atoms with van der Waals surface area (Å²) in [5.74, 6) is -0.324. The average Bonchev–Trinajstić information content (AvgIpc) is 2.92. The Morgan fingerprint density at radius 2 is 1.63 bits per heavy atom. The van der Waals surface area contributed by atoms with E-state index in [-0.39, 0.29) is 35.7 Å². The number of hydrogen-bond donors (Lipinski definition) is 0. The number of piperidine rings is 1. The molecule has 8 nitrogen and oxygen atoms in total. The molecule has 0 spiro atoms. The second-order valence-electron chi connectivity index (χ2n) is 9.04. The van der Waals surface area contributed by atoms with Crippen molar-refractivity contribution in [1.82, 2.24) is 19.1 Å². The predicted molar refractivity (Wildman–Crippen MR) is 132 cm³/mol. The summed E-state index contributed by atoms with van der Waals surface area (Å²) >= 11 is 0. The van der Waals surface area contributed by atoms with Crippen LogP contribution < -0.4 is 0 Å². The van der Waals surface area contributed by atoms with Crippen LogP contribution in [0.5, 0.6) is 0 Å². The second-order valence-corrected chi connectivity index (χ2v) is 11.0. The van der Waals surface area contributed by atoms with E-state index >= 15 is 0 Å². The SMILES string of the molecule is O=C(c1cccc2ccccc12)N1CCCC(C(=O)N2CCN(S(=O)(=O)c3cccnc3)CC2)C1. The Kier molecular flexibility index (Phi) is 6.53. The normalized spacial score (nSPS) is 19.6. The molecule has 0 saturated carbocycles. The molecule has 1 unspecified atom stereocenters. The number of carbonyl (C=O) groups excluding carboxylic acids is 2. The molecule has 2 aliphatic rings. The van der Waals surface area contributed by atoms with Crippen LogP contribution in [0.15, 0.2) is 71.9 Å². The van der Waals surface area contributed by atoms with E-state index in [4.69, 9.17) is 0 Å². The van der Waals surface area contributed by atoms with Crippen molar-refractivity contribution in [2.75, 3.05) is 39.3 Å². The quantitative estimate of drug-likeness (QED) is 0.559. The number of amides is 2. The van der Waals surface area contributed by atoms with E-state index in [0.29, 0.717) is 31.7 Å². The Labute approximate surface area is 205 Å². The van der Waals surface area contributed by atoms with Crippen LogP contribution in [0, 0.1) is 5.92 Å². The Morgan fingerprint density at radius 1 is 0.857 bits per heavy atom. The van der Waals surface area contributed by atoms with Crippen LogP contribution in [0.3, 0.4) is 0 Å². The first-order chi connectivity index (χ1) is 16.9. The van der Waals surface area contributed by atoms with E-state index in [1.54, 1.807) is 15.9 Å². The van der Waals surface area contributed by atoms with Gasteiger partial charge < -0.3 is 9.80 Å². The Morgan fingerprint density at radius 3 is 2.40 bits per heavy atom. The molecular weight excluding hydrogens is 464 g/mol. The summed E-state index contributed by atoms with van der Waals surface area (Å²) in [5, 5.41) is 1.93. The number of pyridine rings is 1. The van der Waals surface area contributed by atoms with Gasteiger partial charge in [0.25, 0.3) is 5.91 Å². The Balaban J connectivity index is 1.23. The number of aromatic nitrogens is 1. The highest BCUT2D eigenvalue weighted by molar-refractivity contribution is 7.89. The molecule has 2 amide bonds. The summed E-state index contributed by atoms with van der Waals surface area (Å²) in [4.78, 5) is 34.3. The molecule has 3 aromatic rings. The molecule has 2 aromatic carbocycles. The van der Waals surface area contributed by atoms with Crippen molar-refractivity contribution in [2.24, 2.45) is 5.92 Å². The van der Waals surface area contributed by atoms with Crippen molar-refractivity contribution in [3.05, 3.63) is 72.6 Å². The van der Waals surface area contributed by atoms with E-state index in [1.807, 2.05) is 42.5 Å². The van der Waals surface area contributed by atoms with Gasteiger partial charge in [0.15, 0.2) is 0 Å². The lowest BCUT2D eigenvalue weighted by atomic mass is 9.95. The molecule has 5 rings (SSSR count). The number of piperazine rings is 1. The molecule has 1 atom stereocenters. The molecule has 182 valence electrons. The topological polar surface area (TPSA) is 90.9 Å². The highest BCUT2D eigenvalue weighted by Gasteiger charge is 2.35. The lowest BCUT2D eigenvalue weighted by molar-refractivity contribution is -0.138. The first kappa shape index (κ1) is 23.4. The van der Waals surface area contributed by atoms with Crippen LogP contribution in [-0.2, 0) is 14.8 Å². The summed E-state index contributed by atoms with van der Waals surface area (Å²) in [7, 11) is -3.62. The van der Waals surface area contributed by atoms with Gasteiger partial charge >= 0.3 is 0 Å². The fourth-order valence-corrected chi connectivity index (χ4v) is 6.39. The number of carbonyl (C=O) groups is 2. The van der Waals surface area contributed by atoms with Gasteiger partial charge in [-0.1, -0.05) is 36.4 Å². The van der Waals surface area contributed by atoms with E-state index in [2.05, 4.69) is 4.98 Å². The molecule has 9 heteroatoms. The summed E-state index contributed by atoms with van der Waals surface area (Å²) in [5.41, 5.74) is 0.658. The zero-order valence-electron chi connectivity index (χ0n) is 19.4. The third-order valence-corrected chi connectivity index (χ3v) is 8.78. The number of likely N-dealkylation sites (tertiary alicyclic amines) is 1. The zero-order chi connectivity index (χ0) is 24.4. The Bertz CT molecular complexity index is 1330. The van der Waals surface area contributed by atoms with Crippen LogP contribution in [0.4, 0.5) is 0 Å². The Hall–Kier alpha value is -3.30. The maximum absolute atomic E-state index is 13.4. The number of hydrogen-bond acceptors (Lipinski definition) is 5. The zero-order valence-corrected chi connectivity index (χ0v) is 20.2. The number of sulfonamides is 1. The highest BCUT2D eigenvalue weighted by atomic mass is 32.2. The van der Waals surface area contributed by atoms with E-state index in [1.165, 1.54) is 22.8 Å².